The van der Waals surface area contributed by atoms with Gasteiger partial charge < -0.3 is 15.8 Å². The van der Waals surface area contributed by atoms with Gasteiger partial charge in [0.05, 0.1) is 7.11 Å². The fourth-order valence-electron chi connectivity index (χ4n) is 2.21. The summed E-state index contributed by atoms with van der Waals surface area (Å²) in [6.45, 7) is 5.28. The first-order chi connectivity index (χ1) is 9.08. The molecule has 4 nitrogen and oxygen atoms in total. The molecule has 3 N–H and O–H groups in total. The van der Waals surface area contributed by atoms with E-state index in [-0.39, 0.29) is 5.91 Å². The van der Waals surface area contributed by atoms with Crippen LogP contribution in [-0.2, 0) is 11.2 Å². The van der Waals surface area contributed by atoms with Crippen LogP contribution >= 0.6 is 0 Å². The molecule has 1 aromatic carbocycles. The largest absolute Gasteiger partial charge is 0.496 e. The molecule has 0 aliphatic rings. The molecule has 1 amide bonds. The van der Waals surface area contributed by atoms with Crippen molar-refractivity contribution in [1.29, 1.82) is 0 Å². The number of ether oxygens (including phenoxy) is 1. The minimum Gasteiger partial charge on any atom is -0.496 e. The SMILES string of the molecule is COc1c(C)cc(C)cc1CCNC(=O)CCCN. The lowest BCUT2D eigenvalue weighted by Gasteiger charge is -2.13. The number of benzene rings is 1. The monoisotopic (exact) mass is 264 g/mol. The Bertz CT molecular complexity index is 430. The number of nitrogens with two attached hydrogens (primary N) is 1. The third-order valence-electron chi connectivity index (χ3n) is 3.02. The number of aryl methyl sites for hydroxylation is 2. The van der Waals surface area contributed by atoms with Crippen LogP contribution in [0.1, 0.15) is 29.5 Å². The molecule has 0 saturated carbocycles. The van der Waals surface area contributed by atoms with E-state index in [0.717, 1.165) is 29.7 Å². The number of amides is 1. The van der Waals surface area contributed by atoms with Gasteiger partial charge in [0.15, 0.2) is 0 Å². The highest BCUT2D eigenvalue weighted by Gasteiger charge is 2.08. The maximum Gasteiger partial charge on any atom is 0.220 e. The molecule has 0 spiro atoms. The molecular weight excluding hydrogens is 240 g/mol. The molecule has 4 heteroatoms. The van der Waals surface area contributed by atoms with Crippen molar-refractivity contribution in [2.24, 2.45) is 5.73 Å². The number of rotatable bonds is 7. The molecule has 19 heavy (non-hydrogen) atoms. The van der Waals surface area contributed by atoms with E-state index in [1.807, 2.05) is 6.92 Å². The second-order valence-electron chi connectivity index (χ2n) is 4.77. The summed E-state index contributed by atoms with van der Waals surface area (Å²) >= 11 is 0. The first-order valence-corrected chi connectivity index (χ1v) is 6.69. The fraction of sp³-hybridized carbons (Fsp3) is 0.533. The summed E-state index contributed by atoms with van der Waals surface area (Å²) in [6, 6.07) is 4.21. The van der Waals surface area contributed by atoms with Gasteiger partial charge in [0, 0.05) is 13.0 Å². The van der Waals surface area contributed by atoms with E-state index in [2.05, 4.69) is 24.4 Å². The second-order valence-corrected chi connectivity index (χ2v) is 4.77. The van der Waals surface area contributed by atoms with E-state index in [9.17, 15) is 4.79 Å². The maximum atomic E-state index is 11.5. The quantitative estimate of drug-likeness (QED) is 0.788. The van der Waals surface area contributed by atoms with Crippen LogP contribution < -0.4 is 15.8 Å². The normalized spacial score (nSPS) is 10.3. The number of nitrogens with one attached hydrogen (secondary N) is 1. The Balaban J connectivity index is 2.55. The number of carbonyl (C=O) groups is 1. The Morgan fingerprint density at radius 3 is 2.74 bits per heavy atom. The molecule has 0 heterocycles. The Labute approximate surface area is 115 Å². The topological polar surface area (TPSA) is 64.3 Å². The van der Waals surface area contributed by atoms with Crippen molar-refractivity contribution >= 4 is 5.91 Å². The second kappa shape index (κ2) is 7.79. The molecule has 0 bridgehead atoms. The average molecular weight is 264 g/mol. The van der Waals surface area contributed by atoms with Crippen LogP contribution in [0.5, 0.6) is 5.75 Å². The standard InChI is InChI=1S/C15H24N2O2/c1-11-9-12(2)15(19-3)13(10-11)6-8-17-14(18)5-4-7-16/h9-10H,4-8,16H2,1-3H3,(H,17,18). The molecular formula is C15H24N2O2. The van der Waals surface area contributed by atoms with Crippen LogP contribution in [0.15, 0.2) is 12.1 Å². The summed E-state index contributed by atoms with van der Waals surface area (Å²) in [6.07, 6.45) is 2.01. The predicted octanol–water partition coefficient (Wildman–Crippen LogP) is 1.71. The lowest BCUT2D eigenvalue weighted by molar-refractivity contribution is -0.121. The van der Waals surface area contributed by atoms with Crippen molar-refractivity contribution in [1.82, 2.24) is 5.32 Å². The Morgan fingerprint density at radius 1 is 1.37 bits per heavy atom. The van der Waals surface area contributed by atoms with Crippen LogP contribution in [-0.4, -0.2) is 26.1 Å². The van der Waals surface area contributed by atoms with Gasteiger partial charge in [-0.1, -0.05) is 17.7 Å². The van der Waals surface area contributed by atoms with E-state index >= 15 is 0 Å². The first kappa shape index (κ1) is 15.5. The Kier molecular flexibility index (Phi) is 6.36. The fourth-order valence-corrected chi connectivity index (χ4v) is 2.21. The zero-order valence-corrected chi connectivity index (χ0v) is 12.1. The van der Waals surface area contributed by atoms with E-state index in [4.69, 9.17) is 10.5 Å². The number of hydrogen-bond acceptors (Lipinski definition) is 3. The van der Waals surface area contributed by atoms with Crippen molar-refractivity contribution in [3.05, 3.63) is 28.8 Å². The molecule has 0 fully saturated rings. The van der Waals surface area contributed by atoms with Crippen molar-refractivity contribution in [3.8, 4) is 5.75 Å². The summed E-state index contributed by atoms with van der Waals surface area (Å²) in [5, 5.41) is 2.91. The maximum absolute atomic E-state index is 11.5. The van der Waals surface area contributed by atoms with Crippen LogP contribution in [0, 0.1) is 13.8 Å². The van der Waals surface area contributed by atoms with Crippen LogP contribution in [0.2, 0.25) is 0 Å². The van der Waals surface area contributed by atoms with Gasteiger partial charge in [0.1, 0.15) is 5.75 Å². The number of hydrogen-bond donors (Lipinski definition) is 2. The van der Waals surface area contributed by atoms with Gasteiger partial charge in [0.2, 0.25) is 5.91 Å². The molecule has 0 saturated heterocycles. The lowest BCUT2D eigenvalue weighted by atomic mass is 10.0. The van der Waals surface area contributed by atoms with Gasteiger partial charge in [-0.15, -0.1) is 0 Å². The minimum absolute atomic E-state index is 0.0637. The molecule has 0 aliphatic carbocycles. The number of methoxy groups -OCH3 is 1. The highest BCUT2D eigenvalue weighted by molar-refractivity contribution is 5.75. The van der Waals surface area contributed by atoms with Gasteiger partial charge in [0.25, 0.3) is 0 Å². The lowest BCUT2D eigenvalue weighted by Crippen LogP contribution is -2.26. The van der Waals surface area contributed by atoms with Gasteiger partial charge in [-0.2, -0.15) is 0 Å². The van der Waals surface area contributed by atoms with Crippen molar-refractivity contribution in [2.75, 3.05) is 20.2 Å². The Hall–Kier alpha value is -1.55. The van der Waals surface area contributed by atoms with Crippen LogP contribution in [0.3, 0.4) is 0 Å². The number of carbonyl (C=O) groups excluding carboxylic acids is 1. The zero-order chi connectivity index (χ0) is 14.3. The summed E-state index contributed by atoms with van der Waals surface area (Å²) in [4.78, 5) is 11.5. The molecule has 0 atom stereocenters. The molecule has 1 aromatic rings. The minimum atomic E-state index is 0.0637. The third kappa shape index (κ3) is 4.91. The molecule has 0 unspecified atom stereocenters. The van der Waals surface area contributed by atoms with Crippen LogP contribution in [0.4, 0.5) is 0 Å². The average Bonchev–Trinajstić information content (AvgIpc) is 2.36. The Morgan fingerprint density at radius 2 is 2.11 bits per heavy atom. The third-order valence-corrected chi connectivity index (χ3v) is 3.02. The van der Waals surface area contributed by atoms with E-state index in [0.29, 0.717) is 19.5 Å². The summed E-state index contributed by atoms with van der Waals surface area (Å²) in [5.74, 6) is 0.982. The van der Waals surface area contributed by atoms with Gasteiger partial charge >= 0.3 is 0 Å². The van der Waals surface area contributed by atoms with Crippen molar-refractivity contribution in [3.63, 3.8) is 0 Å². The van der Waals surface area contributed by atoms with Gasteiger partial charge in [-0.05, 0) is 44.4 Å². The van der Waals surface area contributed by atoms with E-state index in [1.165, 1.54) is 5.56 Å². The molecule has 106 valence electrons. The van der Waals surface area contributed by atoms with Crippen molar-refractivity contribution < 1.29 is 9.53 Å². The molecule has 0 aromatic heterocycles. The van der Waals surface area contributed by atoms with Gasteiger partial charge in [-0.3, -0.25) is 4.79 Å². The van der Waals surface area contributed by atoms with Gasteiger partial charge in [-0.25, -0.2) is 0 Å². The van der Waals surface area contributed by atoms with E-state index in [1.54, 1.807) is 7.11 Å². The molecule has 0 radical (unpaired) electrons. The van der Waals surface area contributed by atoms with Crippen LogP contribution in [0.25, 0.3) is 0 Å². The van der Waals surface area contributed by atoms with E-state index < -0.39 is 0 Å². The van der Waals surface area contributed by atoms with Crippen molar-refractivity contribution in [2.45, 2.75) is 33.1 Å². The highest BCUT2D eigenvalue weighted by atomic mass is 16.5. The summed E-state index contributed by atoms with van der Waals surface area (Å²) in [7, 11) is 1.68. The summed E-state index contributed by atoms with van der Waals surface area (Å²) in [5.41, 5.74) is 8.85. The zero-order valence-electron chi connectivity index (χ0n) is 12.1. The summed E-state index contributed by atoms with van der Waals surface area (Å²) < 4.78 is 5.42. The predicted molar refractivity (Wildman–Crippen MR) is 77.5 cm³/mol. The molecule has 0 aliphatic heterocycles. The first-order valence-electron chi connectivity index (χ1n) is 6.69. The molecule has 1 rings (SSSR count). The highest BCUT2D eigenvalue weighted by Crippen LogP contribution is 2.25. The smallest absolute Gasteiger partial charge is 0.220 e.